The predicted octanol–water partition coefficient (Wildman–Crippen LogP) is 4.66. The van der Waals surface area contributed by atoms with Gasteiger partial charge >= 0.3 is 5.97 Å². The van der Waals surface area contributed by atoms with Crippen molar-refractivity contribution in [3.8, 4) is 17.6 Å². The Morgan fingerprint density at radius 2 is 2.04 bits per heavy atom. The van der Waals surface area contributed by atoms with E-state index in [1.54, 1.807) is 43.3 Å². The van der Waals surface area contributed by atoms with E-state index in [0.717, 1.165) is 4.90 Å². The summed E-state index contributed by atoms with van der Waals surface area (Å²) in [6, 6.07) is 14.2. The second-order valence-corrected chi connectivity index (χ2v) is 6.19. The van der Waals surface area contributed by atoms with Gasteiger partial charge in [0.1, 0.15) is 17.6 Å². The van der Waals surface area contributed by atoms with Gasteiger partial charge in [0.25, 0.3) is 0 Å². The molecule has 0 aliphatic rings. The number of rotatable bonds is 6. The molecule has 118 valence electrons. The lowest BCUT2D eigenvalue weighted by atomic mass is 10.1. The zero-order chi connectivity index (χ0) is 16.7. The van der Waals surface area contributed by atoms with Crippen molar-refractivity contribution >= 4 is 29.3 Å². The molecule has 3 nitrogen and oxygen atoms in total. The molecule has 0 aliphatic heterocycles. The highest BCUT2D eigenvalue weighted by atomic mass is 35.5. The molecule has 1 atom stereocenters. The van der Waals surface area contributed by atoms with Gasteiger partial charge in [-0.05, 0) is 48.9 Å². The van der Waals surface area contributed by atoms with E-state index >= 15 is 0 Å². The van der Waals surface area contributed by atoms with Crippen LogP contribution in [0.4, 0.5) is 0 Å². The van der Waals surface area contributed by atoms with Crippen LogP contribution in [0.2, 0.25) is 5.02 Å². The monoisotopic (exact) mass is 346 g/mol. The van der Waals surface area contributed by atoms with Crippen molar-refractivity contribution in [2.45, 2.75) is 17.1 Å². The molecule has 0 saturated heterocycles. The molecule has 2 rings (SSSR count). The molecule has 2 aromatic rings. The summed E-state index contributed by atoms with van der Waals surface area (Å²) in [6.07, 6.45) is 0. The molecule has 0 saturated carbocycles. The van der Waals surface area contributed by atoms with Gasteiger partial charge in [-0.1, -0.05) is 29.7 Å². The van der Waals surface area contributed by atoms with E-state index in [1.807, 2.05) is 12.1 Å². The topological polar surface area (TPSA) is 46.5 Å². The van der Waals surface area contributed by atoms with Gasteiger partial charge in [0, 0.05) is 9.92 Å². The van der Waals surface area contributed by atoms with Gasteiger partial charge in [0.05, 0.1) is 0 Å². The maximum atomic E-state index is 11.6. The van der Waals surface area contributed by atoms with E-state index in [4.69, 9.17) is 16.3 Å². The summed E-state index contributed by atoms with van der Waals surface area (Å²) in [5, 5.41) is 9.28. The van der Waals surface area contributed by atoms with Crippen LogP contribution in [0.15, 0.2) is 53.4 Å². The lowest BCUT2D eigenvalue weighted by Gasteiger charge is -2.13. The molecule has 2 aromatic carbocycles. The average Bonchev–Trinajstić information content (AvgIpc) is 2.54. The van der Waals surface area contributed by atoms with Crippen LogP contribution >= 0.6 is 23.4 Å². The Kier molecular flexibility index (Phi) is 6.40. The minimum absolute atomic E-state index is 0.337. The molecule has 0 radical (unpaired) electrons. The number of thioether (sulfide) groups is 1. The van der Waals surface area contributed by atoms with Crippen molar-refractivity contribution in [3.05, 3.63) is 59.1 Å². The fraction of sp³-hybridized carbons (Fsp3) is 0.167. The maximum absolute atomic E-state index is 11.6. The zero-order valence-corrected chi connectivity index (χ0v) is 14.0. The number of benzene rings is 2. The second kappa shape index (κ2) is 8.52. The van der Waals surface area contributed by atoms with Crippen LogP contribution in [0, 0.1) is 11.8 Å². The number of aliphatic carboxylic acids is 1. The van der Waals surface area contributed by atoms with Crippen LogP contribution in [-0.2, 0) is 4.79 Å². The molecule has 1 unspecified atom stereocenters. The van der Waals surface area contributed by atoms with Crippen molar-refractivity contribution in [3.63, 3.8) is 0 Å². The summed E-state index contributed by atoms with van der Waals surface area (Å²) in [7, 11) is 0. The van der Waals surface area contributed by atoms with Crippen molar-refractivity contribution < 1.29 is 14.6 Å². The lowest BCUT2D eigenvalue weighted by Crippen LogP contribution is -2.07. The molecule has 0 heterocycles. The fourth-order valence-electron chi connectivity index (χ4n) is 1.87. The Hall–Kier alpha value is -2.09. The first-order chi connectivity index (χ1) is 11.1. The molecular weight excluding hydrogens is 332 g/mol. The fourth-order valence-corrected chi connectivity index (χ4v) is 3.02. The molecule has 0 bridgehead atoms. The zero-order valence-electron chi connectivity index (χ0n) is 12.5. The van der Waals surface area contributed by atoms with Gasteiger partial charge in [-0.2, -0.15) is 0 Å². The van der Waals surface area contributed by atoms with Gasteiger partial charge < -0.3 is 9.84 Å². The second-order valence-electron chi connectivity index (χ2n) is 4.58. The van der Waals surface area contributed by atoms with Crippen molar-refractivity contribution in [2.75, 3.05) is 6.61 Å². The van der Waals surface area contributed by atoms with E-state index in [9.17, 15) is 9.90 Å². The normalized spacial score (nSPS) is 11.2. The number of carboxylic acids is 1. The van der Waals surface area contributed by atoms with Gasteiger partial charge in [-0.15, -0.1) is 17.7 Å². The third-order valence-electron chi connectivity index (χ3n) is 2.94. The van der Waals surface area contributed by atoms with Crippen LogP contribution in [0.1, 0.15) is 17.7 Å². The van der Waals surface area contributed by atoms with E-state index in [1.165, 1.54) is 11.8 Å². The van der Waals surface area contributed by atoms with Crippen LogP contribution < -0.4 is 4.74 Å². The molecule has 0 amide bonds. The molecule has 0 aromatic heterocycles. The minimum Gasteiger partial charge on any atom is -0.481 e. The largest absolute Gasteiger partial charge is 0.481 e. The van der Waals surface area contributed by atoms with Gasteiger partial charge in [0.2, 0.25) is 0 Å². The number of hydrogen-bond acceptors (Lipinski definition) is 3. The van der Waals surface area contributed by atoms with Crippen molar-refractivity contribution in [2.24, 2.45) is 0 Å². The summed E-state index contributed by atoms with van der Waals surface area (Å²) in [5.41, 5.74) is 0.661. The van der Waals surface area contributed by atoms with Crippen molar-refractivity contribution in [1.29, 1.82) is 0 Å². The Balaban J connectivity index is 2.11. The summed E-state index contributed by atoms with van der Waals surface area (Å²) in [6.45, 7) is 2.09. The number of halogens is 1. The first kappa shape index (κ1) is 17.3. The molecule has 0 spiro atoms. The summed E-state index contributed by atoms with van der Waals surface area (Å²) < 4.78 is 5.44. The predicted molar refractivity (Wildman–Crippen MR) is 93.1 cm³/mol. The average molecular weight is 347 g/mol. The lowest BCUT2D eigenvalue weighted by molar-refractivity contribution is -0.136. The molecule has 5 heteroatoms. The Labute approximate surface area is 144 Å². The number of carbonyl (C=O) groups is 1. The Bertz CT molecular complexity index is 732. The molecule has 23 heavy (non-hydrogen) atoms. The Morgan fingerprint density at radius 3 is 2.65 bits per heavy atom. The highest BCUT2D eigenvalue weighted by Crippen LogP contribution is 2.36. The van der Waals surface area contributed by atoms with Crippen molar-refractivity contribution in [1.82, 2.24) is 0 Å². The van der Waals surface area contributed by atoms with Crippen LogP contribution in [0.25, 0.3) is 0 Å². The quantitative estimate of drug-likeness (QED) is 0.610. The first-order valence-corrected chi connectivity index (χ1v) is 8.13. The third kappa shape index (κ3) is 5.24. The van der Waals surface area contributed by atoms with E-state index < -0.39 is 11.2 Å². The van der Waals surface area contributed by atoms with Gasteiger partial charge in [-0.3, -0.25) is 4.79 Å². The molecular formula is C18H15ClO3S. The molecule has 0 fully saturated rings. The van der Waals surface area contributed by atoms with E-state index in [0.29, 0.717) is 22.9 Å². The molecule has 1 N–H and O–H groups in total. The first-order valence-electron chi connectivity index (χ1n) is 6.87. The van der Waals surface area contributed by atoms with Gasteiger partial charge in [0.15, 0.2) is 0 Å². The smallest absolute Gasteiger partial charge is 0.321 e. The molecule has 0 aliphatic carbocycles. The maximum Gasteiger partial charge on any atom is 0.321 e. The third-order valence-corrected chi connectivity index (χ3v) is 4.43. The number of ether oxygens (including phenoxy) is 1. The Morgan fingerprint density at radius 1 is 1.30 bits per heavy atom. The van der Waals surface area contributed by atoms with E-state index in [2.05, 4.69) is 11.8 Å². The number of carboxylic acid groups (broad SMARTS) is 1. The van der Waals surface area contributed by atoms with Crippen LogP contribution in [-0.4, -0.2) is 17.7 Å². The standard InChI is InChI=1S/C18H15ClO3S/c1-2-3-11-22-15-7-9-16(10-8-15)23-17(18(20)21)13-5-4-6-14(19)12-13/h4-10,12,17H,11H2,1H3,(H,20,21). The summed E-state index contributed by atoms with van der Waals surface area (Å²) in [4.78, 5) is 12.4. The summed E-state index contributed by atoms with van der Waals surface area (Å²) in [5.74, 6) is 5.37. The van der Waals surface area contributed by atoms with E-state index in [-0.39, 0.29) is 0 Å². The number of hydrogen-bond donors (Lipinski definition) is 1. The minimum atomic E-state index is -0.907. The van der Waals surface area contributed by atoms with Crippen LogP contribution in [0.3, 0.4) is 0 Å². The van der Waals surface area contributed by atoms with Gasteiger partial charge in [-0.25, -0.2) is 0 Å². The highest BCUT2D eigenvalue weighted by Gasteiger charge is 2.21. The summed E-state index contributed by atoms with van der Waals surface area (Å²) >= 11 is 7.20. The highest BCUT2D eigenvalue weighted by molar-refractivity contribution is 8.00. The SMILES string of the molecule is CC#CCOc1ccc(SC(C(=O)O)c2cccc(Cl)c2)cc1. The van der Waals surface area contributed by atoms with Crippen LogP contribution in [0.5, 0.6) is 5.75 Å².